The molecule has 0 spiro atoms. The first kappa shape index (κ1) is 10.7. The molecule has 0 bridgehead atoms. The Hall–Kier alpha value is -1.42. The van der Waals surface area contributed by atoms with Gasteiger partial charge in [-0.1, -0.05) is 0 Å². The Morgan fingerprint density at radius 3 is 2.64 bits per heavy atom. The van der Waals surface area contributed by atoms with Crippen molar-refractivity contribution in [3.05, 3.63) is 30.1 Å². The van der Waals surface area contributed by atoms with E-state index < -0.39 is 11.6 Å². The zero-order chi connectivity index (χ0) is 10.6. The Morgan fingerprint density at radius 2 is 2.14 bits per heavy atom. The van der Waals surface area contributed by atoms with Crippen molar-refractivity contribution in [3.63, 3.8) is 0 Å². The molecule has 4 heteroatoms. The van der Waals surface area contributed by atoms with Gasteiger partial charge < -0.3 is 9.84 Å². The van der Waals surface area contributed by atoms with E-state index in [0.29, 0.717) is 5.56 Å². The first-order valence-corrected chi connectivity index (χ1v) is 4.39. The number of aromatic nitrogens is 1. The molecule has 0 saturated heterocycles. The summed E-state index contributed by atoms with van der Waals surface area (Å²) in [5, 5.41) is 9.88. The average Bonchev–Trinajstić information content (AvgIpc) is 2.19. The van der Waals surface area contributed by atoms with Crippen LogP contribution in [0, 0.1) is 0 Å². The molecule has 0 amide bonds. The number of carbonyl (C=O) groups is 1. The Morgan fingerprint density at radius 1 is 1.57 bits per heavy atom. The Bertz CT molecular complexity index is 308. The Kier molecular flexibility index (Phi) is 3.19. The van der Waals surface area contributed by atoms with Gasteiger partial charge in [0.15, 0.2) is 5.60 Å². The quantitative estimate of drug-likeness (QED) is 0.726. The molecule has 0 aliphatic rings. The lowest BCUT2D eigenvalue weighted by molar-refractivity contribution is -0.164. The lowest BCUT2D eigenvalue weighted by Crippen LogP contribution is -2.34. The number of ether oxygens (including phenoxy) is 1. The van der Waals surface area contributed by atoms with Crippen LogP contribution in [0.5, 0.6) is 0 Å². The fraction of sp³-hybridized carbons (Fsp3) is 0.400. The van der Waals surface area contributed by atoms with E-state index >= 15 is 0 Å². The van der Waals surface area contributed by atoms with Crippen LogP contribution in [-0.2, 0) is 15.1 Å². The molecule has 76 valence electrons. The van der Waals surface area contributed by atoms with Gasteiger partial charge in [-0.05, 0) is 31.5 Å². The van der Waals surface area contributed by atoms with Crippen LogP contribution in [0.3, 0.4) is 0 Å². The molecule has 0 aromatic carbocycles. The van der Waals surface area contributed by atoms with Gasteiger partial charge in [-0.2, -0.15) is 0 Å². The van der Waals surface area contributed by atoms with E-state index in [1.165, 1.54) is 19.3 Å². The molecule has 0 unspecified atom stereocenters. The van der Waals surface area contributed by atoms with Crippen LogP contribution in [0.4, 0.5) is 0 Å². The standard InChI is InChI=1S/C10H13NO3/c1-3-14-9(12)10(2,13)8-4-6-11-7-5-8/h4-7,13H,3H2,1-2H3/t10-/m0/s1. The van der Waals surface area contributed by atoms with E-state index in [9.17, 15) is 9.90 Å². The van der Waals surface area contributed by atoms with Gasteiger partial charge in [0.1, 0.15) is 0 Å². The normalized spacial score (nSPS) is 14.5. The minimum atomic E-state index is -1.60. The van der Waals surface area contributed by atoms with Crippen molar-refractivity contribution in [1.82, 2.24) is 4.98 Å². The lowest BCUT2D eigenvalue weighted by Gasteiger charge is -2.20. The minimum absolute atomic E-state index is 0.250. The molecule has 0 fully saturated rings. The largest absolute Gasteiger partial charge is 0.464 e. The molecule has 14 heavy (non-hydrogen) atoms. The van der Waals surface area contributed by atoms with E-state index in [4.69, 9.17) is 4.74 Å². The number of nitrogens with zero attached hydrogens (tertiary/aromatic N) is 1. The summed E-state index contributed by atoms with van der Waals surface area (Å²) in [4.78, 5) is 15.2. The maximum atomic E-state index is 11.4. The van der Waals surface area contributed by atoms with Crippen LogP contribution in [-0.4, -0.2) is 22.7 Å². The van der Waals surface area contributed by atoms with Crippen LogP contribution in [0.1, 0.15) is 19.4 Å². The van der Waals surface area contributed by atoms with Crippen molar-refractivity contribution in [3.8, 4) is 0 Å². The maximum absolute atomic E-state index is 11.4. The molecule has 0 aliphatic heterocycles. The van der Waals surface area contributed by atoms with Crippen molar-refractivity contribution in [2.75, 3.05) is 6.61 Å². The second kappa shape index (κ2) is 4.19. The van der Waals surface area contributed by atoms with Crippen LogP contribution in [0.25, 0.3) is 0 Å². The highest BCUT2D eigenvalue weighted by Crippen LogP contribution is 2.20. The first-order valence-electron chi connectivity index (χ1n) is 4.39. The van der Waals surface area contributed by atoms with Crippen LogP contribution in [0.15, 0.2) is 24.5 Å². The van der Waals surface area contributed by atoms with Gasteiger partial charge in [-0.3, -0.25) is 4.98 Å². The molecule has 0 aliphatic carbocycles. The maximum Gasteiger partial charge on any atom is 0.342 e. The van der Waals surface area contributed by atoms with Gasteiger partial charge in [0, 0.05) is 12.4 Å². The predicted octanol–water partition coefficient (Wildman–Crippen LogP) is 0.852. The van der Waals surface area contributed by atoms with Gasteiger partial charge in [0.25, 0.3) is 0 Å². The number of hydrogen-bond donors (Lipinski definition) is 1. The average molecular weight is 195 g/mol. The van der Waals surface area contributed by atoms with E-state index in [0.717, 1.165) is 0 Å². The summed E-state index contributed by atoms with van der Waals surface area (Å²) in [7, 11) is 0. The molecule has 4 nitrogen and oxygen atoms in total. The summed E-state index contributed by atoms with van der Waals surface area (Å²) in [5.41, 5.74) is -1.12. The first-order chi connectivity index (χ1) is 6.59. The summed E-state index contributed by atoms with van der Waals surface area (Å²) in [6.07, 6.45) is 3.03. The van der Waals surface area contributed by atoms with E-state index in [1.807, 2.05) is 0 Å². The molecule has 1 atom stereocenters. The molecule has 1 heterocycles. The molecule has 1 aromatic heterocycles. The van der Waals surface area contributed by atoms with Gasteiger partial charge in [0.2, 0.25) is 0 Å². The summed E-state index contributed by atoms with van der Waals surface area (Å²) in [6.45, 7) is 3.35. The molecule has 1 rings (SSSR count). The molecular weight excluding hydrogens is 182 g/mol. The summed E-state index contributed by atoms with van der Waals surface area (Å²) in [6, 6.07) is 3.16. The SMILES string of the molecule is CCOC(=O)[C@@](C)(O)c1ccncc1. The summed E-state index contributed by atoms with van der Waals surface area (Å²) in [5.74, 6) is -0.647. The number of rotatable bonds is 3. The van der Waals surface area contributed by atoms with Crippen LogP contribution < -0.4 is 0 Å². The second-order valence-corrected chi connectivity index (χ2v) is 3.03. The lowest BCUT2D eigenvalue weighted by atomic mass is 9.98. The van der Waals surface area contributed by atoms with Gasteiger partial charge in [-0.25, -0.2) is 4.79 Å². The Balaban J connectivity index is 2.90. The third-order valence-corrected chi connectivity index (χ3v) is 1.92. The summed E-state index contributed by atoms with van der Waals surface area (Å²) >= 11 is 0. The highest BCUT2D eigenvalue weighted by atomic mass is 16.5. The number of esters is 1. The molecule has 1 N–H and O–H groups in total. The van der Waals surface area contributed by atoms with E-state index in [1.54, 1.807) is 19.1 Å². The number of carbonyl (C=O) groups excluding carboxylic acids is 1. The van der Waals surface area contributed by atoms with Crippen molar-refractivity contribution >= 4 is 5.97 Å². The topological polar surface area (TPSA) is 59.4 Å². The second-order valence-electron chi connectivity index (χ2n) is 3.03. The van der Waals surface area contributed by atoms with Crippen LogP contribution >= 0.6 is 0 Å². The monoisotopic (exact) mass is 195 g/mol. The molecule has 1 aromatic rings. The fourth-order valence-electron chi connectivity index (χ4n) is 1.07. The highest BCUT2D eigenvalue weighted by molar-refractivity contribution is 5.80. The number of pyridine rings is 1. The minimum Gasteiger partial charge on any atom is -0.464 e. The van der Waals surface area contributed by atoms with Crippen molar-refractivity contribution < 1.29 is 14.6 Å². The smallest absolute Gasteiger partial charge is 0.342 e. The van der Waals surface area contributed by atoms with Crippen molar-refractivity contribution in [2.45, 2.75) is 19.4 Å². The van der Waals surface area contributed by atoms with Gasteiger partial charge in [0.05, 0.1) is 6.61 Å². The van der Waals surface area contributed by atoms with Gasteiger partial charge >= 0.3 is 5.97 Å². The molecule has 0 radical (unpaired) electrons. The van der Waals surface area contributed by atoms with E-state index in [2.05, 4.69) is 4.98 Å². The van der Waals surface area contributed by atoms with Crippen molar-refractivity contribution in [1.29, 1.82) is 0 Å². The summed E-state index contributed by atoms with van der Waals surface area (Å²) < 4.78 is 4.75. The van der Waals surface area contributed by atoms with Gasteiger partial charge in [-0.15, -0.1) is 0 Å². The van der Waals surface area contributed by atoms with Crippen molar-refractivity contribution in [2.24, 2.45) is 0 Å². The molecule has 0 saturated carbocycles. The third-order valence-electron chi connectivity index (χ3n) is 1.92. The third kappa shape index (κ3) is 2.09. The zero-order valence-electron chi connectivity index (χ0n) is 8.23. The number of aliphatic hydroxyl groups is 1. The highest BCUT2D eigenvalue weighted by Gasteiger charge is 2.33. The Labute approximate surface area is 82.5 Å². The zero-order valence-corrected chi connectivity index (χ0v) is 8.23. The molecular formula is C10H13NO3. The number of hydrogen-bond acceptors (Lipinski definition) is 4. The fourth-order valence-corrected chi connectivity index (χ4v) is 1.07. The van der Waals surface area contributed by atoms with Crippen LogP contribution in [0.2, 0.25) is 0 Å². The predicted molar refractivity (Wildman–Crippen MR) is 50.4 cm³/mol. The van der Waals surface area contributed by atoms with E-state index in [-0.39, 0.29) is 6.61 Å².